The number of nitrogens with zero attached hydrogens (tertiary/aromatic N) is 1. The Balaban J connectivity index is 2.35. The molecule has 2 N–H and O–H groups in total. The Bertz CT molecular complexity index is 627. The van der Waals surface area contributed by atoms with Crippen LogP contribution >= 0.6 is 0 Å². The van der Waals surface area contributed by atoms with Crippen molar-refractivity contribution in [3.8, 4) is 0 Å². The quantitative estimate of drug-likeness (QED) is 0.834. The molecule has 2 rings (SSSR count). The van der Waals surface area contributed by atoms with Gasteiger partial charge in [-0.15, -0.1) is 0 Å². The zero-order chi connectivity index (χ0) is 14.9. The number of aliphatic hydroxyl groups is 1. The SMILES string of the molecule is CC(CO)NS(=O)(=O)c1ccc2c(c1)CCC(=O)N2C. The maximum absolute atomic E-state index is 12.1. The normalized spacial score (nSPS) is 16.9. The van der Waals surface area contributed by atoms with Crippen LogP contribution in [0, 0.1) is 0 Å². The summed E-state index contributed by atoms with van der Waals surface area (Å²) in [5.74, 6) is 0.0279. The number of nitrogens with one attached hydrogen (secondary N) is 1. The summed E-state index contributed by atoms with van der Waals surface area (Å²) >= 11 is 0. The van der Waals surface area contributed by atoms with Gasteiger partial charge in [0.15, 0.2) is 0 Å². The molecular weight excluding hydrogens is 280 g/mol. The zero-order valence-corrected chi connectivity index (χ0v) is 12.3. The number of rotatable bonds is 4. The summed E-state index contributed by atoms with van der Waals surface area (Å²) < 4.78 is 26.7. The van der Waals surface area contributed by atoms with E-state index in [4.69, 9.17) is 5.11 Å². The molecule has 1 aliphatic heterocycles. The second-order valence-corrected chi connectivity index (χ2v) is 6.66. The Morgan fingerprint density at radius 3 is 2.75 bits per heavy atom. The number of aryl methyl sites for hydroxylation is 1. The Kier molecular flexibility index (Phi) is 4.12. The highest BCUT2D eigenvalue weighted by Crippen LogP contribution is 2.28. The summed E-state index contributed by atoms with van der Waals surface area (Å²) in [6, 6.07) is 4.16. The molecule has 1 aromatic rings. The topological polar surface area (TPSA) is 86.7 Å². The molecule has 0 radical (unpaired) electrons. The predicted octanol–water partition coefficient (Wildman–Crippen LogP) is 0.255. The first-order valence-corrected chi connectivity index (χ1v) is 7.86. The van der Waals surface area contributed by atoms with Gasteiger partial charge >= 0.3 is 0 Å². The van der Waals surface area contributed by atoms with Crippen LogP contribution in [0.5, 0.6) is 0 Å². The summed E-state index contributed by atoms with van der Waals surface area (Å²) in [4.78, 5) is 13.3. The Morgan fingerprint density at radius 1 is 1.40 bits per heavy atom. The molecule has 1 heterocycles. The molecule has 1 amide bonds. The van der Waals surface area contributed by atoms with Crippen molar-refractivity contribution in [2.45, 2.75) is 30.7 Å². The lowest BCUT2D eigenvalue weighted by Gasteiger charge is -2.26. The van der Waals surface area contributed by atoms with Gasteiger partial charge in [0.05, 0.1) is 11.5 Å². The number of carbonyl (C=O) groups excluding carboxylic acids is 1. The average Bonchev–Trinajstić information content (AvgIpc) is 2.42. The molecule has 110 valence electrons. The molecule has 0 saturated heterocycles. The lowest BCUT2D eigenvalue weighted by atomic mass is 10.0. The molecular formula is C13H18N2O4S. The van der Waals surface area contributed by atoms with E-state index in [0.717, 1.165) is 11.3 Å². The predicted molar refractivity (Wildman–Crippen MR) is 75.0 cm³/mol. The Morgan fingerprint density at radius 2 is 2.10 bits per heavy atom. The average molecular weight is 298 g/mol. The summed E-state index contributed by atoms with van der Waals surface area (Å²) in [5.41, 5.74) is 1.59. The number of benzene rings is 1. The minimum atomic E-state index is -3.65. The van der Waals surface area contributed by atoms with Crippen molar-refractivity contribution in [2.75, 3.05) is 18.6 Å². The van der Waals surface area contributed by atoms with Crippen LogP contribution in [-0.2, 0) is 21.2 Å². The molecule has 6 nitrogen and oxygen atoms in total. The van der Waals surface area contributed by atoms with Crippen molar-refractivity contribution in [2.24, 2.45) is 0 Å². The van der Waals surface area contributed by atoms with Gasteiger partial charge in [0.1, 0.15) is 0 Å². The van der Waals surface area contributed by atoms with Crippen LogP contribution in [0.1, 0.15) is 18.9 Å². The maximum Gasteiger partial charge on any atom is 0.240 e. The number of aliphatic hydroxyl groups excluding tert-OH is 1. The van der Waals surface area contributed by atoms with Crippen molar-refractivity contribution in [3.05, 3.63) is 23.8 Å². The number of sulfonamides is 1. The fraction of sp³-hybridized carbons (Fsp3) is 0.462. The lowest BCUT2D eigenvalue weighted by Crippen LogP contribution is -2.35. The molecule has 0 bridgehead atoms. The van der Waals surface area contributed by atoms with Gasteiger partial charge in [-0.3, -0.25) is 4.79 Å². The van der Waals surface area contributed by atoms with E-state index >= 15 is 0 Å². The molecule has 20 heavy (non-hydrogen) atoms. The largest absolute Gasteiger partial charge is 0.395 e. The van der Waals surface area contributed by atoms with E-state index in [1.54, 1.807) is 31.0 Å². The summed E-state index contributed by atoms with van der Waals surface area (Å²) in [6.45, 7) is 1.32. The molecule has 1 unspecified atom stereocenters. The minimum absolute atomic E-state index is 0.0279. The van der Waals surface area contributed by atoms with Crippen LogP contribution in [0.25, 0.3) is 0 Å². The third kappa shape index (κ3) is 2.84. The van der Waals surface area contributed by atoms with Crippen molar-refractivity contribution in [3.63, 3.8) is 0 Å². The van der Waals surface area contributed by atoms with Crippen LogP contribution in [0.4, 0.5) is 5.69 Å². The fourth-order valence-corrected chi connectivity index (χ4v) is 3.46. The van der Waals surface area contributed by atoms with E-state index in [1.165, 1.54) is 6.07 Å². The van der Waals surface area contributed by atoms with Crippen LogP contribution in [0.15, 0.2) is 23.1 Å². The molecule has 0 fully saturated rings. The van der Waals surface area contributed by atoms with Crippen LogP contribution in [0.3, 0.4) is 0 Å². The molecule has 7 heteroatoms. The second kappa shape index (κ2) is 5.51. The monoisotopic (exact) mass is 298 g/mol. The Labute approximate surface area is 118 Å². The number of anilines is 1. The van der Waals surface area contributed by atoms with Gasteiger partial charge in [-0.05, 0) is 37.1 Å². The van der Waals surface area contributed by atoms with Crippen LogP contribution in [0.2, 0.25) is 0 Å². The molecule has 0 saturated carbocycles. The molecule has 0 aromatic heterocycles. The van der Waals surface area contributed by atoms with Crippen LogP contribution < -0.4 is 9.62 Å². The van der Waals surface area contributed by atoms with E-state index in [1.807, 2.05) is 0 Å². The first-order valence-electron chi connectivity index (χ1n) is 6.38. The molecule has 1 atom stereocenters. The second-order valence-electron chi connectivity index (χ2n) is 4.95. The van der Waals surface area contributed by atoms with Gasteiger partial charge < -0.3 is 10.0 Å². The highest BCUT2D eigenvalue weighted by Gasteiger charge is 2.24. The number of amides is 1. The van der Waals surface area contributed by atoms with E-state index in [9.17, 15) is 13.2 Å². The highest BCUT2D eigenvalue weighted by atomic mass is 32.2. The first kappa shape index (κ1) is 15.0. The Hall–Kier alpha value is -1.44. The highest BCUT2D eigenvalue weighted by molar-refractivity contribution is 7.89. The number of hydrogen-bond acceptors (Lipinski definition) is 4. The van der Waals surface area contributed by atoms with Gasteiger partial charge in [-0.25, -0.2) is 13.1 Å². The first-order chi connectivity index (χ1) is 9.35. The minimum Gasteiger partial charge on any atom is -0.395 e. The van der Waals surface area contributed by atoms with Crippen molar-refractivity contribution >= 4 is 21.6 Å². The maximum atomic E-state index is 12.1. The molecule has 0 spiro atoms. The summed E-state index contributed by atoms with van der Waals surface area (Å²) in [5, 5.41) is 8.93. The van der Waals surface area contributed by atoms with E-state index in [-0.39, 0.29) is 17.4 Å². The molecule has 1 aromatic carbocycles. The van der Waals surface area contributed by atoms with Gasteiger partial charge in [0.25, 0.3) is 0 Å². The summed E-state index contributed by atoms with van der Waals surface area (Å²) in [7, 11) is -1.97. The van der Waals surface area contributed by atoms with E-state index in [2.05, 4.69) is 4.72 Å². The van der Waals surface area contributed by atoms with Gasteiger partial charge in [-0.1, -0.05) is 0 Å². The van der Waals surface area contributed by atoms with Crippen molar-refractivity contribution in [1.29, 1.82) is 0 Å². The smallest absolute Gasteiger partial charge is 0.240 e. The van der Waals surface area contributed by atoms with Gasteiger partial charge in [0, 0.05) is 25.2 Å². The zero-order valence-electron chi connectivity index (χ0n) is 11.5. The van der Waals surface area contributed by atoms with Crippen molar-refractivity contribution in [1.82, 2.24) is 4.72 Å². The molecule has 1 aliphatic rings. The molecule has 0 aliphatic carbocycles. The number of fused-ring (bicyclic) bond motifs is 1. The summed E-state index contributed by atoms with van der Waals surface area (Å²) in [6.07, 6.45) is 0.922. The van der Waals surface area contributed by atoms with E-state index < -0.39 is 16.1 Å². The van der Waals surface area contributed by atoms with E-state index in [0.29, 0.717) is 12.8 Å². The number of hydrogen-bond donors (Lipinski definition) is 2. The van der Waals surface area contributed by atoms with Crippen LogP contribution in [-0.4, -0.2) is 39.1 Å². The van der Waals surface area contributed by atoms with Gasteiger partial charge in [-0.2, -0.15) is 0 Å². The van der Waals surface area contributed by atoms with Crippen molar-refractivity contribution < 1.29 is 18.3 Å². The third-order valence-corrected chi connectivity index (χ3v) is 4.92. The van der Waals surface area contributed by atoms with Gasteiger partial charge in [0.2, 0.25) is 15.9 Å². The lowest BCUT2D eigenvalue weighted by molar-refractivity contribution is -0.118. The standard InChI is InChI=1S/C13H18N2O4S/c1-9(8-16)14-20(18,19)11-4-5-12-10(7-11)3-6-13(17)15(12)2/h4-5,7,9,14,16H,3,6,8H2,1-2H3. The fourth-order valence-electron chi connectivity index (χ4n) is 2.17. The third-order valence-electron chi connectivity index (χ3n) is 3.34. The number of carbonyl (C=O) groups is 1.